The van der Waals surface area contributed by atoms with Crippen LogP contribution in [0.25, 0.3) is 0 Å². The summed E-state index contributed by atoms with van der Waals surface area (Å²) >= 11 is 0. The molecule has 0 spiro atoms. The predicted octanol–water partition coefficient (Wildman–Crippen LogP) is 6.98. The summed E-state index contributed by atoms with van der Waals surface area (Å²) in [5.74, 6) is 4.81. The Morgan fingerprint density at radius 2 is 1.62 bits per heavy atom. The van der Waals surface area contributed by atoms with Crippen molar-refractivity contribution in [3.8, 4) is 5.75 Å². The van der Waals surface area contributed by atoms with Crippen molar-refractivity contribution in [1.82, 2.24) is 0 Å². The maximum atomic E-state index is 6.27. The van der Waals surface area contributed by atoms with Crippen LogP contribution >= 0.6 is 0 Å². The third-order valence-electron chi connectivity index (χ3n) is 8.30. The summed E-state index contributed by atoms with van der Waals surface area (Å²) in [5.41, 5.74) is 3.12. The van der Waals surface area contributed by atoms with Crippen molar-refractivity contribution in [3.63, 3.8) is 0 Å². The maximum Gasteiger partial charge on any atom is 0.119 e. The molecule has 0 radical (unpaired) electrons. The topological polar surface area (TPSA) is 18.5 Å². The van der Waals surface area contributed by atoms with Gasteiger partial charge in [-0.25, -0.2) is 0 Å². The minimum Gasteiger partial charge on any atom is -0.497 e. The number of fused-ring (bicyclic) bond motifs is 2. The number of hydrogen-bond donors (Lipinski definition) is 0. The Balaban J connectivity index is 1.24. The zero-order chi connectivity index (χ0) is 20.1. The van der Waals surface area contributed by atoms with Crippen molar-refractivity contribution in [3.05, 3.63) is 29.3 Å². The van der Waals surface area contributed by atoms with Crippen molar-refractivity contribution in [2.24, 2.45) is 23.7 Å². The number of rotatable bonds is 8. The zero-order valence-corrected chi connectivity index (χ0v) is 18.8. The van der Waals surface area contributed by atoms with Crippen molar-refractivity contribution < 1.29 is 9.47 Å². The second kappa shape index (κ2) is 10.3. The molecule has 0 bridgehead atoms. The van der Waals surface area contributed by atoms with Crippen LogP contribution in [0.5, 0.6) is 5.75 Å². The highest BCUT2D eigenvalue weighted by Crippen LogP contribution is 2.47. The summed E-state index contributed by atoms with van der Waals surface area (Å²) in [6.45, 7) is 3.28. The van der Waals surface area contributed by atoms with Crippen LogP contribution in [0.1, 0.15) is 88.7 Å². The highest BCUT2D eigenvalue weighted by molar-refractivity contribution is 5.37. The van der Waals surface area contributed by atoms with Gasteiger partial charge in [0.15, 0.2) is 0 Å². The molecule has 0 heterocycles. The summed E-state index contributed by atoms with van der Waals surface area (Å²) in [6, 6.07) is 6.75. The fourth-order valence-corrected chi connectivity index (χ4v) is 6.53. The molecule has 2 saturated carbocycles. The lowest BCUT2D eigenvalue weighted by atomic mass is 9.62. The number of benzene rings is 1. The molecule has 1 aromatic rings. The molecule has 2 nitrogen and oxygen atoms in total. The fraction of sp³-hybridized carbons (Fsp3) is 0.778. The van der Waals surface area contributed by atoms with Gasteiger partial charge in [0.25, 0.3) is 0 Å². The van der Waals surface area contributed by atoms with Crippen LogP contribution in [-0.2, 0) is 17.6 Å². The summed E-state index contributed by atoms with van der Waals surface area (Å²) in [5, 5.41) is 0. The minimum atomic E-state index is 0.561. The first-order valence-corrected chi connectivity index (χ1v) is 12.5. The van der Waals surface area contributed by atoms with Gasteiger partial charge < -0.3 is 9.47 Å². The molecule has 5 atom stereocenters. The van der Waals surface area contributed by atoms with E-state index in [0.29, 0.717) is 6.10 Å². The highest BCUT2D eigenvalue weighted by atomic mass is 16.5. The van der Waals surface area contributed by atoms with Crippen LogP contribution in [0.2, 0.25) is 0 Å². The third-order valence-corrected chi connectivity index (χ3v) is 8.30. The molecule has 2 heteroatoms. The molecule has 3 aliphatic rings. The van der Waals surface area contributed by atoms with Gasteiger partial charge >= 0.3 is 0 Å². The van der Waals surface area contributed by atoms with Crippen LogP contribution < -0.4 is 4.74 Å². The van der Waals surface area contributed by atoms with Crippen LogP contribution in [0.15, 0.2) is 18.2 Å². The summed E-state index contributed by atoms with van der Waals surface area (Å²) in [7, 11) is 1.78. The normalized spacial score (nSPS) is 31.7. The lowest BCUT2D eigenvalue weighted by molar-refractivity contribution is -0.0250. The second-order valence-corrected chi connectivity index (χ2v) is 10.1. The standard InChI is InChI=1S/C27H42O2/c1-3-4-5-6-15-29-27-14-12-23-17-21(8-10-25(23)19-27)20-7-9-24-18-26(28-2)13-11-22(24)16-20/h11,13,18,20-21,23,25,27H,3-10,12,14-17,19H2,1-2H3. The molecule has 5 unspecified atom stereocenters. The van der Waals surface area contributed by atoms with Gasteiger partial charge in [-0.3, -0.25) is 0 Å². The average Bonchev–Trinajstić information content (AvgIpc) is 2.77. The van der Waals surface area contributed by atoms with Gasteiger partial charge in [0, 0.05) is 6.61 Å². The SMILES string of the molecule is CCCCCCOC1CCC2CC(C3CCc4cc(OC)ccc4C3)CCC2C1. The number of unbranched alkanes of at least 4 members (excludes halogenated alkanes) is 3. The van der Waals surface area contributed by atoms with E-state index >= 15 is 0 Å². The molecule has 0 N–H and O–H groups in total. The van der Waals surface area contributed by atoms with Gasteiger partial charge in [-0.05, 0) is 111 Å². The fourth-order valence-electron chi connectivity index (χ4n) is 6.53. The Hall–Kier alpha value is -1.02. The Bertz CT molecular complexity index is 639. The molecule has 29 heavy (non-hydrogen) atoms. The summed E-state index contributed by atoms with van der Waals surface area (Å²) in [6.07, 6.45) is 18.2. The first-order valence-electron chi connectivity index (χ1n) is 12.5. The van der Waals surface area contributed by atoms with E-state index in [0.717, 1.165) is 36.0 Å². The Morgan fingerprint density at radius 3 is 2.45 bits per heavy atom. The zero-order valence-electron chi connectivity index (χ0n) is 18.8. The lowest BCUT2D eigenvalue weighted by Crippen LogP contribution is -2.37. The Morgan fingerprint density at radius 1 is 0.828 bits per heavy atom. The molecule has 0 aromatic heterocycles. The molecule has 0 saturated heterocycles. The van der Waals surface area contributed by atoms with Gasteiger partial charge in [0.2, 0.25) is 0 Å². The van der Waals surface area contributed by atoms with E-state index in [1.807, 2.05) is 0 Å². The van der Waals surface area contributed by atoms with E-state index in [2.05, 4.69) is 25.1 Å². The van der Waals surface area contributed by atoms with Gasteiger partial charge in [0.1, 0.15) is 5.75 Å². The lowest BCUT2D eigenvalue weighted by Gasteiger charge is -2.45. The van der Waals surface area contributed by atoms with Gasteiger partial charge in [-0.2, -0.15) is 0 Å². The summed E-state index contributed by atoms with van der Waals surface area (Å²) < 4.78 is 11.7. The van der Waals surface area contributed by atoms with Crippen molar-refractivity contribution in [1.29, 1.82) is 0 Å². The van der Waals surface area contributed by atoms with Crippen LogP contribution in [0.3, 0.4) is 0 Å². The first-order chi connectivity index (χ1) is 14.3. The van der Waals surface area contributed by atoms with E-state index in [1.165, 1.54) is 89.0 Å². The molecule has 0 amide bonds. The van der Waals surface area contributed by atoms with E-state index < -0.39 is 0 Å². The van der Waals surface area contributed by atoms with E-state index in [-0.39, 0.29) is 0 Å². The van der Waals surface area contributed by atoms with Crippen molar-refractivity contribution in [2.75, 3.05) is 13.7 Å². The smallest absolute Gasteiger partial charge is 0.119 e. The molecular formula is C27H42O2. The molecule has 1 aromatic carbocycles. The first kappa shape index (κ1) is 21.2. The molecule has 4 rings (SSSR count). The molecule has 3 aliphatic carbocycles. The Kier molecular flexibility index (Phi) is 7.56. The number of methoxy groups -OCH3 is 1. The second-order valence-electron chi connectivity index (χ2n) is 10.1. The van der Waals surface area contributed by atoms with Gasteiger partial charge in [-0.1, -0.05) is 32.3 Å². The van der Waals surface area contributed by atoms with Crippen molar-refractivity contribution in [2.45, 2.75) is 96.5 Å². The quantitative estimate of drug-likeness (QED) is 0.440. The van der Waals surface area contributed by atoms with E-state index in [9.17, 15) is 0 Å². The number of ether oxygens (including phenoxy) is 2. The molecule has 0 aliphatic heterocycles. The molecule has 162 valence electrons. The summed E-state index contributed by atoms with van der Waals surface area (Å²) in [4.78, 5) is 0. The predicted molar refractivity (Wildman–Crippen MR) is 121 cm³/mol. The minimum absolute atomic E-state index is 0.561. The third kappa shape index (κ3) is 5.37. The van der Waals surface area contributed by atoms with Gasteiger partial charge in [0.05, 0.1) is 13.2 Å². The van der Waals surface area contributed by atoms with E-state index in [4.69, 9.17) is 9.47 Å². The van der Waals surface area contributed by atoms with Crippen LogP contribution in [0.4, 0.5) is 0 Å². The van der Waals surface area contributed by atoms with E-state index in [1.54, 1.807) is 12.7 Å². The van der Waals surface area contributed by atoms with Crippen LogP contribution in [-0.4, -0.2) is 19.8 Å². The number of aryl methyl sites for hydroxylation is 1. The van der Waals surface area contributed by atoms with Crippen molar-refractivity contribution >= 4 is 0 Å². The largest absolute Gasteiger partial charge is 0.497 e. The monoisotopic (exact) mass is 398 g/mol. The van der Waals surface area contributed by atoms with Crippen LogP contribution in [0, 0.1) is 23.7 Å². The molecule has 2 fully saturated rings. The average molecular weight is 399 g/mol. The maximum absolute atomic E-state index is 6.27. The Labute approximate surface area is 178 Å². The van der Waals surface area contributed by atoms with Gasteiger partial charge in [-0.15, -0.1) is 0 Å². The molecular weight excluding hydrogens is 356 g/mol. The number of hydrogen-bond acceptors (Lipinski definition) is 2. The highest BCUT2D eigenvalue weighted by Gasteiger charge is 2.38.